The number of nitrogens with zero attached hydrogens (tertiary/aromatic N) is 4. The molecule has 5 heteroatoms. The molecule has 0 saturated carbocycles. The van der Waals surface area contributed by atoms with Gasteiger partial charge in [-0.2, -0.15) is 5.10 Å². The van der Waals surface area contributed by atoms with E-state index in [4.69, 9.17) is 0 Å². The molecule has 19 heavy (non-hydrogen) atoms. The van der Waals surface area contributed by atoms with E-state index in [2.05, 4.69) is 32.5 Å². The van der Waals surface area contributed by atoms with Crippen molar-refractivity contribution in [2.45, 2.75) is 38.3 Å². The van der Waals surface area contributed by atoms with Gasteiger partial charge in [-0.05, 0) is 37.3 Å². The lowest BCUT2D eigenvalue weighted by Crippen LogP contribution is -2.43. The van der Waals surface area contributed by atoms with Crippen molar-refractivity contribution < 1.29 is 0 Å². The Kier molecular flexibility index (Phi) is 4.25. The lowest BCUT2D eigenvalue weighted by molar-refractivity contribution is 0.131. The van der Waals surface area contributed by atoms with Crippen LogP contribution in [0, 0.1) is 0 Å². The molecule has 1 fully saturated rings. The van der Waals surface area contributed by atoms with Crippen LogP contribution in [0.2, 0.25) is 0 Å². The zero-order chi connectivity index (χ0) is 12.9. The molecule has 4 nitrogen and oxygen atoms in total. The Labute approximate surface area is 118 Å². The molecule has 0 bridgehead atoms. The SMILES string of the molecule is c1csc(CCN2CCCC[C@@H]2Cn2cncn2)c1. The third-order valence-corrected chi connectivity index (χ3v) is 4.78. The number of piperidine rings is 1. The summed E-state index contributed by atoms with van der Waals surface area (Å²) in [6.07, 6.45) is 8.58. The van der Waals surface area contributed by atoms with Crippen molar-refractivity contribution in [3.8, 4) is 0 Å². The molecule has 0 radical (unpaired) electrons. The molecule has 102 valence electrons. The van der Waals surface area contributed by atoms with E-state index in [1.165, 1.54) is 43.6 Å². The van der Waals surface area contributed by atoms with Crippen molar-refractivity contribution in [2.24, 2.45) is 0 Å². The molecule has 1 aliphatic rings. The van der Waals surface area contributed by atoms with Crippen LogP contribution in [0.15, 0.2) is 30.2 Å². The molecule has 0 unspecified atom stereocenters. The summed E-state index contributed by atoms with van der Waals surface area (Å²) in [5.41, 5.74) is 0. The van der Waals surface area contributed by atoms with Crippen LogP contribution >= 0.6 is 11.3 Å². The van der Waals surface area contributed by atoms with Crippen LogP contribution in [0.3, 0.4) is 0 Å². The van der Waals surface area contributed by atoms with Crippen LogP contribution in [-0.4, -0.2) is 38.8 Å². The maximum absolute atomic E-state index is 4.24. The highest BCUT2D eigenvalue weighted by Crippen LogP contribution is 2.19. The maximum atomic E-state index is 4.24. The molecular formula is C14H20N4S. The molecule has 0 aromatic carbocycles. The van der Waals surface area contributed by atoms with Crippen LogP contribution in [0.5, 0.6) is 0 Å². The molecular weight excluding hydrogens is 256 g/mol. The third-order valence-electron chi connectivity index (χ3n) is 3.84. The monoisotopic (exact) mass is 276 g/mol. The molecule has 3 rings (SSSR count). The van der Waals surface area contributed by atoms with E-state index >= 15 is 0 Å². The molecule has 1 saturated heterocycles. The lowest BCUT2D eigenvalue weighted by atomic mass is 10.0. The average Bonchev–Trinajstić information content (AvgIpc) is 3.10. The average molecular weight is 276 g/mol. The summed E-state index contributed by atoms with van der Waals surface area (Å²) < 4.78 is 1.97. The number of likely N-dealkylation sites (tertiary alicyclic amines) is 1. The van der Waals surface area contributed by atoms with Crippen LogP contribution in [-0.2, 0) is 13.0 Å². The van der Waals surface area contributed by atoms with Gasteiger partial charge < -0.3 is 0 Å². The van der Waals surface area contributed by atoms with Gasteiger partial charge in [0.25, 0.3) is 0 Å². The van der Waals surface area contributed by atoms with Crippen molar-refractivity contribution in [1.82, 2.24) is 19.7 Å². The van der Waals surface area contributed by atoms with Gasteiger partial charge in [0.1, 0.15) is 12.7 Å². The minimum atomic E-state index is 0.621. The largest absolute Gasteiger partial charge is 0.298 e. The summed E-state index contributed by atoms with van der Waals surface area (Å²) >= 11 is 1.86. The Morgan fingerprint density at radius 3 is 3.16 bits per heavy atom. The number of thiophene rings is 1. The molecule has 0 N–H and O–H groups in total. The van der Waals surface area contributed by atoms with Crippen molar-refractivity contribution in [3.05, 3.63) is 35.0 Å². The Bertz CT molecular complexity index is 466. The fraction of sp³-hybridized carbons (Fsp3) is 0.571. The number of hydrogen-bond acceptors (Lipinski definition) is 4. The predicted molar refractivity (Wildman–Crippen MR) is 77.3 cm³/mol. The standard InChI is InChI=1S/C14H20N4S/c1-2-7-17(8-6-14-5-3-9-19-14)13(4-1)10-18-12-15-11-16-18/h3,5,9,11-13H,1-2,4,6-8,10H2/t13-/m1/s1. The van der Waals surface area contributed by atoms with Gasteiger partial charge in [-0.25, -0.2) is 4.98 Å². The van der Waals surface area contributed by atoms with Gasteiger partial charge in [0, 0.05) is 17.5 Å². The van der Waals surface area contributed by atoms with Gasteiger partial charge >= 0.3 is 0 Å². The second kappa shape index (κ2) is 6.30. The number of hydrogen-bond donors (Lipinski definition) is 0. The molecule has 0 spiro atoms. The van der Waals surface area contributed by atoms with E-state index < -0.39 is 0 Å². The van der Waals surface area contributed by atoms with Crippen molar-refractivity contribution >= 4 is 11.3 Å². The number of aromatic nitrogens is 3. The highest BCUT2D eigenvalue weighted by molar-refractivity contribution is 7.09. The van der Waals surface area contributed by atoms with Crippen LogP contribution in [0.25, 0.3) is 0 Å². The Morgan fingerprint density at radius 2 is 2.37 bits per heavy atom. The quantitative estimate of drug-likeness (QED) is 0.841. The summed E-state index contributed by atoms with van der Waals surface area (Å²) in [4.78, 5) is 8.16. The van der Waals surface area contributed by atoms with Gasteiger partial charge in [0.05, 0.1) is 6.54 Å². The Morgan fingerprint density at radius 1 is 1.37 bits per heavy atom. The van der Waals surface area contributed by atoms with E-state index in [9.17, 15) is 0 Å². The third kappa shape index (κ3) is 3.42. The molecule has 0 amide bonds. The first-order valence-corrected chi connectivity index (χ1v) is 7.88. The minimum Gasteiger partial charge on any atom is -0.298 e. The topological polar surface area (TPSA) is 34.0 Å². The summed E-state index contributed by atoms with van der Waals surface area (Å²) in [5, 5.41) is 6.40. The van der Waals surface area contributed by atoms with Crippen LogP contribution < -0.4 is 0 Å². The van der Waals surface area contributed by atoms with Crippen molar-refractivity contribution in [2.75, 3.05) is 13.1 Å². The van der Waals surface area contributed by atoms with Gasteiger partial charge in [-0.1, -0.05) is 12.5 Å². The molecule has 1 atom stereocenters. The highest BCUT2D eigenvalue weighted by atomic mass is 32.1. The summed E-state index contributed by atoms with van der Waals surface area (Å²) in [5.74, 6) is 0. The fourth-order valence-electron chi connectivity index (χ4n) is 2.81. The number of rotatable bonds is 5. The molecule has 2 aromatic heterocycles. The van der Waals surface area contributed by atoms with E-state index in [0.717, 1.165) is 6.54 Å². The maximum Gasteiger partial charge on any atom is 0.137 e. The van der Waals surface area contributed by atoms with Gasteiger partial charge in [-0.3, -0.25) is 9.58 Å². The van der Waals surface area contributed by atoms with Gasteiger partial charge in [0.2, 0.25) is 0 Å². The van der Waals surface area contributed by atoms with Crippen LogP contribution in [0.4, 0.5) is 0 Å². The van der Waals surface area contributed by atoms with E-state index in [-0.39, 0.29) is 0 Å². The lowest BCUT2D eigenvalue weighted by Gasteiger charge is -2.35. The van der Waals surface area contributed by atoms with Crippen molar-refractivity contribution in [1.29, 1.82) is 0 Å². The highest BCUT2D eigenvalue weighted by Gasteiger charge is 2.22. The first-order chi connectivity index (χ1) is 9.42. The molecule has 3 heterocycles. The van der Waals surface area contributed by atoms with E-state index in [0.29, 0.717) is 6.04 Å². The van der Waals surface area contributed by atoms with E-state index in [1.54, 1.807) is 6.33 Å². The Hall–Kier alpha value is -1.20. The minimum absolute atomic E-state index is 0.621. The van der Waals surface area contributed by atoms with Crippen LogP contribution in [0.1, 0.15) is 24.1 Å². The normalized spacial score (nSPS) is 20.7. The fourth-order valence-corrected chi connectivity index (χ4v) is 3.51. The molecule has 2 aromatic rings. The molecule has 1 aliphatic heterocycles. The first kappa shape index (κ1) is 12.8. The zero-order valence-corrected chi connectivity index (χ0v) is 11.9. The van der Waals surface area contributed by atoms with Crippen molar-refractivity contribution in [3.63, 3.8) is 0 Å². The summed E-state index contributed by atoms with van der Waals surface area (Å²) in [6, 6.07) is 5.00. The second-order valence-electron chi connectivity index (χ2n) is 5.13. The summed E-state index contributed by atoms with van der Waals surface area (Å²) in [7, 11) is 0. The predicted octanol–water partition coefficient (Wildman–Crippen LogP) is 2.44. The van der Waals surface area contributed by atoms with Gasteiger partial charge in [0.15, 0.2) is 0 Å². The Balaban J connectivity index is 1.57. The molecule has 0 aliphatic carbocycles. The smallest absolute Gasteiger partial charge is 0.137 e. The van der Waals surface area contributed by atoms with Gasteiger partial charge in [-0.15, -0.1) is 11.3 Å². The zero-order valence-electron chi connectivity index (χ0n) is 11.1. The first-order valence-electron chi connectivity index (χ1n) is 7.00. The summed E-state index contributed by atoms with van der Waals surface area (Å²) in [6.45, 7) is 3.37. The second-order valence-corrected chi connectivity index (χ2v) is 6.16. The van der Waals surface area contributed by atoms with E-state index in [1.807, 2.05) is 22.3 Å².